The highest BCUT2D eigenvalue weighted by Gasteiger charge is 2.27. The number of nitrogens with zero attached hydrogens (tertiary/aromatic N) is 3. The van der Waals surface area contributed by atoms with Crippen molar-refractivity contribution in [2.75, 3.05) is 13.1 Å². The molecule has 6 heteroatoms. The van der Waals surface area contributed by atoms with Crippen LogP contribution in [0.2, 0.25) is 0 Å². The molecule has 106 valence electrons. The van der Waals surface area contributed by atoms with Gasteiger partial charge in [0.1, 0.15) is 10.0 Å². The van der Waals surface area contributed by atoms with Crippen molar-refractivity contribution in [1.82, 2.24) is 15.1 Å². The molecule has 1 atom stereocenters. The number of aromatic nitrogens is 2. The molecule has 3 rings (SSSR count). The summed E-state index contributed by atoms with van der Waals surface area (Å²) < 4.78 is 0. The van der Waals surface area contributed by atoms with Gasteiger partial charge < -0.3 is 0 Å². The quantitative estimate of drug-likeness (QED) is 0.815. The summed E-state index contributed by atoms with van der Waals surface area (Å²) in [6.45, 7) is 4.68. The number of ketones is 1. The summed E-state index contributed by atoms with van der Waals surface area (Å²) in [7, 11) is 0. The van der Waals surface area contributed by atoms with Gasteiger partial charge in [0.05, 0.1) is 11.4 Å². The van der Waals surface area contributed by atoms with Gasteiger partial charge in [-0.1, -0.05) is 6.07 Å². The first-order valence-electron chi connectivity index (χ1n) is 6.81. The molecule has 2 aromatic heterocycles. The summed E-state index contributed by atoms with van der Waals surface area (Å²) in [5.74, 6) is 0.439. The standard InChI is InChI=1S/C14H17N3OS2/c1-10-15-16-13(20-10)9-17-6-2-4-11(8-17)14(18)12-5-3-7-19-12/h3,5,7,11H,2,4,6,8-9H2,1H3. The number of likely N-dealkylation sites (tertiary alicyclic amines) is 1. The van der Waals surface area contributed by atoms with Gasteiger partial charge in [0.2, 0.25) is 0 Å². The minimum Gasteiger partial charge on any atom is -0.296 e. The largest absolute Gasteiger partial charge is 0.296 e. The lowest BCUT2D eigenvalue weighted by Crippen LogP contribution is -2.38. The second kappa shape index (κ2) is 6.11. The Morgan fingerprint density at radius 1 is 1.50 bits per heavy atom. The summed E-state index contributed by atoms with van der Waals surface area (Å²) >= 11 is 3.19. The maximum atomic E-state index is 12.4. The van der Waals surface area contributed by atoms with Crippen molar-refractivity contribution in [1.29, 1.82) is 0 Å². The maximum absolute atomic E-state index is 12.4. The van der Waals surface area contributed by atoms with Gasteiger partial charge in [-0.15, -0.1) is 32.9 Å². The van der Waals surface area contributed by atoms with Gasteiger partial charge in [0.15, 0.2) is 5.78 Å². The second-order valence-corrected chi connectivity index (χ2v) is 7.34. The van der Waals surface area contributed by atoms with Crippen LogP contribution in [0.15, 0.2) is 17.5 Å². The monoisotopic (exact) mass is 307 g/mol. The van der Waals surface area contributed by atoms with E-state index in [1.807, 2.05) is 24.4 Å². The first-order chi connectivity index (χ1) is 9.72. The third-order valence-corrected chi connectivity index (χ3v) is 5.27. The van der Waals surface area contributed by atoms with Crippen LogP contribution in [0, 0.1) is 12.8 Å². The number of thiophene rings is 1. The van der Waals surface area contributed by atoms with Gasteiger partial charge in [-0.25, -0.2) is 0 Å². The van der Waals surface area contributed by atoms with Crippen LogP contribution in [0.25, 0.3) is 0 Å². The molecule has 1 unspecified atom stereocenters. The van der Waals surface area contributed by atoms with Crippen LogP contribution in [0.5, 0.6) is 0 Å². The fraction of sp³-hybridized carbons (Fsp3) is 0.500. The van der Waals surface area contributed by atoms with Crippen molar-refractivity contribution in [3.63, 3.8) is 0 Å². The fourth-order valence-electron chi connectivity index (χ4n) is 2.63. The summed E-state index contributed by atoms with van der Waals surface area (Å²) in [6, 6.07) is 3.88. The van der Waals surface area contributed by atoms with Crippen LogP contribution in [0.3, 0.4) is 0 Å². The topological polar surface area (TPSA) is 46.1 Å². The number of rotatable bonds is 4. The van der Waals surface area contributed by atoms with Gasteiger partial charge in [-0.3, -0.25) is 9.69 Å². The van der Waals surface area contributed by atoms with E-state index in [9.17, 15) is 4.79 Å². The molecule has 1 aliphatic rings. The van der Waals surface area contributed by atoms with E-state index in [2.05, 4.69) is 15.1 Å². The molecule has 1 fully saturated rings. The Kier molecular flexibility index (Phi) is 4.24. The third kappa shape index (κ3) is 3.13. The van der Waals surface area contributed by atoms with E-state index in [4.69, 9.17) is 0 Å². The van der Waals surface area contributed by atoms with E-state index >= 15 is 0 Å². The second-order valence-electron chi connectivity index (χ2n) is 5.13. The molecule has 1 saturated heterocycles. The Morgan fingerprint density at radius 2 is 2.40 bits per heavy atom. The van der Waals surface area contributed by atoms with Gasteiger partial charge in [0.25, 0.3) is 0 Å². The van der Waals surface area contributed by atoms with Crippen molar-refractivity contribution in [3.8, 4) is 0 Å². The van der Waals surface area contributed by atoms with Crippen LogP contribution in [-0.2, 0) is 6.54 Å². The zero-order chi connectivity index (χ0) is 13.9. The molecule has 4 nitrogen and oxygen atoms in total. The van der Waals surface area contributed by atoms with Gasteiger partial charge in [0, 0.05) is 12.5 Å². The van der Waals surface area contributed by atoms with E-state index in [-0.39, 0.29) is 5.92 Å². The number of hydrogen-bond acceptors (Lipinski definition) is 6. The van der Waals surface area contributed by atoms with Gasteiger partial charge in [-0.2, -0.15) is 0 Å². The highest BCUT2D eigenvalue weighted by atomic mass is 32.1. The van der Waals surface area contributed by atoms with Crippen molar-refractivity contribution in [2.24, 2.45) is 5.92 Å². The van der Waals surface area contributed by atoms with Crippen molar-refractivity contribution in [3.05, 3.63) is 32.4 Å². The zero-order valence-corrected chi connectivity index (χ0v) is 13.0. The van der Waals surface area contributed by atoms with Crippen LogP contribution in [0.1, 0.15) is 32.5 Å². The van der Waals surface area contributed by atoms with E-state index < -0.39 is 0 Å². The Morgan fingerprint density at radius 3 is 3.10 bits per heavy atom. The fourth-order valence-corrected chi connectivity index (χ4v) is 4.12. The van der Waals surface area contributed by atoms with Gasteiger partial charge in [-0.05, 0) is 37.8 Å². The Labute approximate surface area is 126 Å². The maximum Gasteiger partial charge on any atom is 0.177 e. The average Bonchev–Trinajstić information content (AvgIpc) is 3.10. The predicted molar refractivity (Wildman–Crippen MR) is 81.3 cm³/mol. The highest BCUT2D eigenvalue weighted by molar-refractivity contribution is 7.12. The molecule has 3 heterocycles. The molecule has 0 radical (unpaired) electrons. The van der Waals surface area contributed by atoms with Crippen molar-refractivity contribution in [2.45, 2.75) is 26.3 Å². The number of aryl methyl sites for hydroxylation is 1. The normalized spacial score (nSPS) is 20.1. The summed E-state index contributed by atoms with van der Waals surface area (Å²) in [6.07, 6.45) is 2.09. The first kappa shape index (κ1) is 13.9. The molecular formula is C14H17N3OS2. The molecule has 1 aliphatic heterocycles. The molecule has 0 amide bonds. The lowest BCUT2D eigenvalue weighted by molar-refractivity contribution is 0.0815. The lowest BCUT2D eigenvalue weighted by atomic mass is 9.93. The molecular weight excluding hydrogens is 290 g/mol. The van der Waals surface area contributed by atoms with E-state index in [0.717, 1.165) is 47.4 Å². The lowest BCUT2D eigenvalue weighted by Gasteiger charge is -2.30. The molecule has 0 aromatic carbocycles. The molecule has 0 bridgehead atoms. The SMILES string of the molecule is Cc1nnc(CN2CCCC(C(=O)c3cccs3)C2)s1. The summed E-state index contributed by atoms with van der Waals surface area (Å²) in [4.78, 5) is 15.6. The molecule has 0 saturated carbocycles. The van der Waals surface area contributed by atoms with E-state index in [0.29, 0.717) is 5.78 Å². The number of hydrogen-bond donors (Lipinski definition) is 0. The molecule has 0 aliphatic carbocycles. The number of carbonyl (C=O) groups excluding carboxylic acids is 1. The minimum absolute atomic E-state index is 0.136. The predicted octanol–water partition coefficient (Wildman–Crippen LogP) is 3.00. The van der Waals surface area contributed by atoms with Crippen molar-refractivity contribution >= 4 is 28.5 Å². The number of carbonyl (C=O) groups is 1. The number of piperidine rings is 1. The van der Waals surface area contributed by atoms with E-state index in [1.54, 1.807) is 22.7 Å². The molecule has 20 heavy (non-hydrogen) atoms. The van der Waals surface area contributed by atoms with Crippen LogP contribution in [-0.4, -0.2) is 34.0 Å². The van der Waals surface area contributed by atoms with Crippen LogP contribution in [0.4, 0.5) is 0 Å². The molecule has 0 spiro atoms. The number of Topliss-reactive ketones (excluding diaryl/α,β-unsaturated/α-hetero) is 1. The van der Waals surface area contributed by atoms with Crippen LogP contribution < -0.4 is 0 Å². The zero-order valence-electron chi connectivity index (χ0n) is 11.4. The highest BCUT2D eigenvalue weighted by Crippen LogP contribution is 2.24. The van der Waals surface area contributed by atoms with Crippen LogP contribution >= 0.6 is 22.7 Å². The Bertz CT molecular complexity index is 579. The molecule has 2 aromatic rings. The summed E-state index contributed by atoms with van der Waals surface area (Å²) in [5.41, 5.74) is 0. The minimum atomic E-state index is 0.136. The first-order valence-corrected chi connectivity index (χ1v) is 8.51. The third-order valence-electron chi connectivity index (χ3n) is 3.57. The smallest absolute Gasteiger partial charge is 0.177 e. The Balaban J connectivity index is 1.63. The average molecular weight is 307 g/mol. The Hall–Kier alpha value is -1.11. The summed E-state index contributed by atoms with van der Waals surface area (Å²) in [5, 5.41) is 12.2. The van der Waals surface area contributed by atoms with Gasteiger partial charge >= 0.3 is 0 Å². The van der Waals surface area contributed by atoms with E-state index in [1.165, 1.54) is 0 Å². The molecule has 0 N–H and O–H groups in total. The van der Waals surface area contributed by atoms with Crippen molar-refractivity contribution < 1.29 is 4.79 Å².